The van der Waals surface area contributed by atoms with Crippen LogP contribution in [0, 0.1) is 23.7 Å². The number of carbonyl (C=O) groups is 2. The van der Waals surface area contributed by atoms with Gasteiger partial charge < -0.3 is 9.84 Å². The summed E-state index contributed by atoms with van der Waals surface area (Å²) in [7, 11) is 1.41. The smallest absolute Gasteiger partial charge is 0.254 e. The molecular formula is C17H15ClN2O4. The van der Waals surface area contributed by atoms with Crippen molar-refractivity contribution < 1.29 is 19.4 Å². The summed E-state index contributed by atoms with van der Waals surface area (Å²) < 4.78 is 5.03. The Hall–Kier alpha value is -2.34. The Morgan fingerprint density at radius 1 is 1.25 bits per heavy atom. The number of hydrogen-bond acceptors (Lipinski definition) is 5. The zero-order valence-electron chi connectivity index (χ0n) is 12.8. The third-order valence-electron chi connectivity index (χ3n) is 5.04. The molecule has 2 amide bonds. The van der Waals surface area contributed by atoms with Gasteiger partial charge in [-0.15, -0.1) is 0 Å². The number of methoxy groups -OCH3 is 1. The molecule has 1 saturated heterocycles. The number of carbonyl (C=O) groups excluding carboxylic acids is 2. The minimum absolute atomic E-state index is 0.106. The summed E-state index contributed by atoms with van der Waals surface area (Å²) in [5, 5.41) is 14.9. The number of amides is 2. The van der Waals surface area contributed by atoms with Crippen LogP contribution in [-0.4, -0.2) is 35.3 Å². The Morgan fingerprint density at radius 2 is 1.88 bits per heavy atom. The van der Waals surface area contributed by atoms with Gasteiger partial charge in [-0.05, 0) is 36.0 Å². The SMILES string of the molecule is COc1cc(/C=N/N2C(=O)C3C4C=CC(C4)C3C2=O)cc(Cl)c1O. The molecule has 1 heterocycles. The molecule has 4 unspecified atom stereocenters. The van der Waals surface area contributed by atoms with E-state index in [1.165, 1.54) is 25.5 Å². The molecule has 7 heteroatoms. The second-order valence-corrected chi connectivity index (χ2v) is 6.69. The van der Waals surface area contributed by atoms with Gasteiger partial charge in [0, 0.05) is 0 Å². The average molecular weight is 347 g/mol. The van der Waals surface area contributed by atoms with E-state index in [0.717, 1.165) is 11.4 Å². The lowest BCUT2D eigenvalue weighted by atomic mass is 9.85. The summed E-state index contributed by atoms with van der Waals surface area (Å²) in [5.74, 6) is -0.696. The fourth-order valence-corrected chi connectivity index (χ4v) is 4.17. The summed E-state index contributed by atoms with van der Waals surface area (Å²) in [6.07, 6.45) is 6.33. The molecule has 2 bridgehead atoms. The molecule has 0 spiro atoms. The number of phenolic OH excluding ortho intramolecular Hbond substituents is 1. The molecule has 4 rings (SSSR count). The number of aromatic hydroxyl groups is 1. The number of fused-ring (bicyclic) bond motifs is 5. The van der Waals surface area contributed by atoms with E-state index < -0.39 is 0 Å². The Morgan fingerprint density at radius 3 is 2.46 bits per heavy atom. The van der Waals surface area contributed by atoms with Gasteiger partial charge in [-0.25, -0.2) is 0 Å². The molecule has 1 aliphatic heterocycles. The molecule has 3 aliphatic rings. The number of allylic oxidation sites excluding steroid dienone is 2. The van der Waals surface area contributed by atoms with E-state index >= 15 is 0 Å². The largest absolute Gasteiger partial charge is 0.503 e. The third-order valence-corrected chi connectivity index (χ3v) is 5.33. The molecule has 2 aliphatic carbocycles. The first-order valence-corrected chi connectivity index (χ1v) is 8.05. The Bertz CT molecular complexity index is 774. The fourth-order valence-electron chi connectivity index (χ4n) is 3.95. The number of halogens is 1. The molecule has 6 nitrogen and oxygen atoms in total. The predicted molar refractivity (Wildman–Crippen MR) is 86.8 cm³/mol. The highest BCUT2D eigenvalue weighted by molar-refractivity contribution is 6.32. The second kappa shape index (κ2) is 5.34. The molecule has 4 atom stereocenters. The molecule has 0 radical (unpaired) electrons. The minimum Gasteiger partial charge on any atom is -0.503 e. The van der Waals surface area contributed by atoms with Crippen molar-refractivity contribution in [1.82, 2.24) is 5.01 Å². The van der Waals surface area contributed by atoms with E-state index in [9.17, 15) is 14.7 Å². The van der Waals surface area contributed by atoms with Gasteiger partial charge in [-0.3, -0.25) is 9.59 Å². The maximum absolute atomic E-state index is 12.5. The average Bonchev–Trinajstić information content (AvgIpc) is 3.23. The maximum Gasteiger partial charge on any atom is 0.254 e. The van der Waals surface area contributed by atoms with Gasteiger partial charge in [-0.1, -0.05) is 23.8 Å². The van der Waals surface area contributed by atoms with Crippen molar-refractivity contribution in [1.29, 1.82) is 0 Å². The zero-order valence-corrected chi connectivity index (χ0v) is 13.6. The Labute approximate surface area is 143 Å². The van der Waals surface area contributed by atoms with Gasteiger partial charge in [0.25, 0.3) is 11.8 Å². The topological polar surface area (TPSA) is 79.2 Å². The van der Waals surface area contributed by atoms with Crippen LogP contribution in [0.1, 0.15) is 12.0 Å². The number of benzene rings is 1. The van der Waals surface area contributed by atoms with E-state index in [1.54, 1.807) is 0 Å². The van der Waals surface area contributed by atoms with Crippen LogP contribution in [0.25, 0.3) is 0 Å². The van der Waals surface area contributed by atoms with Gasteiger partial charge in [-0.2, -0.15) is 10.1 Å². The third kappa shape index (κ3) is 2.06. The lowest BCUT2D eigenvalue weighted by Crippen LogP contribution is -2.28. The van der Waals surface area contributed by atoms with Gasteiger partial charge in [0.1, 0.15) is 0 Å². The molecule has 0 aromatic heterocycles. The van der Waals surface area contributed by atoms with Crippen molar-refractivity contribution in [2.75, 3.05) is 7.11 Å². The number of ether oxygens (including phenoxy) is 1. The van der Waals surface area contributed by atoms with Crippen molar-refractivity contribution in [2.45, 2.75) is 6.42 Å². The molecular weight excluding hydrogens is 332 g/mol. The molecule has 24 heavy (non-hydrogen) atoms. The molecule has 1 N–H and O–H groups in total. The standard InChI is InChI=1S/C17H15ClN2O4/c1-24-12-5-8(4-11(18)15(12)21)7-19-20-16(22)13-9-2-3-10(6-9)14(13)17(20)23/h2-5,7,9-10,13-14,21H,6H2,1H3/b19-7+. The normalized spacial score (nSPS) is 30.7. The molecule has 2 fully saturated rings. The second-order valence-electron chi connectivity index (χ2n) is 6.29. The predicted octanol–water partition coefficient (Wildman–Crippen LogP) is 2.20. The number of hydrazone groups is 1. The lowest BCUT2D eigenvalue weighted by Gasteiger charge is -2.13. The first-order chi connectivity index (χ1) is 11.5. The van der Waals surface area contributed by atoms with E-state index in [-0.39, 0.29) is 52.0 Å². The van der Waals surface area contributed by atoms with Crippen molar-refractivity contribution >= 4 is 29.6 Å². The monoisotopic (exact) mass is 346 g/mol. The van der Waals surface area contributed by atoms with E-state index in [4.69, 9.17) is 16.3 Å². The molecule has 124 valence electrons. The van der Waals surface area contributed by atoms with Crippen LogP contribution >= 0.6 is 11.6 Å². The minimum atomic E-state index is -0.275. The van der Waals surface area contributed by atoms with Crippen LogP contribution < -0.4 is 4.74 Å². The van der Waals surface area contributed by atoms with Crippen molar-refractivity contribution in [3.05, 3.63) is 34.9 Å². The summed E-state index contributed by atoms with van der Waals surface area (Å²) in [6.45, 7) is 0. The van der Waals surface area contributed by atoms with Crippen LogP contribution in [0.5, 0.6) is 11.5 Å². The summed E-state index contributed by atoms with van der Waals surface area (Å²) >= 11 is 5.93. The molecule has 1 aromatic rings. The fraction of sp³-hybridized carbons (Fsp3) is 0.353. The van der Waals surface area contributed by atoms with E-state index in [1.807, 2.05) is 12.2 Å². The molecule has 1 saturated carbocycles. The first kappa shape index (κ1) is 15.2. The maximum atomic E-state index is 12.5. The zero-order chi connectivity index (χ0) is 17.0. The van der Waals surface area contributed by atoms with Gasteiger partial charge in [0.2, 0.25) is 0 Å². The summed E-state index contributed by atoms with van der Waals surface area (Å²) in [6, 6.07) is 3.02. The van der Waals surface area contributed by atoms with Crippen LogP contribution in [0.3, 0.4) is 0 Å². The Kier molecular flexibility index (Phi) is 3.38. The lowest BCUT2D eigenvalue weighted by molar-refractivity contribution is -0.140. The van der Waals surface area contributed by atoms with Crippen LogP contribution in [0.4, 0.5) is 0 Å². The highest BCUT2D eigenvalue weighted by Crippen LogP contribution is 2.52. The Balaban J connectivity index is 1.60. The molecule has 1 aromatic carbocycles. The van der Waals surface area contributed by atoms with Crippen molar-refractivity contribution in [2.24, 2.45) is 28.8 Å². The number of nitrogens with zero attached hydrogens (tertiary/aromatic N) is 2. The van der Waals surface area contributed by atoms with Crippen molar-refractivity contribution in [3.63, 3.8) is 0 Å². The highest BCUT2D eigenvalue weighted by Gasteiger charge is 2.59. The van der Waals surface area contributed by atoms with Gasteiger partial charge >= 0.3 is 0 Å². The number of phenols is 1. The van der Waals surface area contributed by atoms with E-state index in [0.29, 0.717) is 5.56 Å². The van der Waals surface area contributed by atoms with Crippen LogP contribution in [-0.2, 0) is 9.59 Å². The van der Waals surface area contributed by atoms with Gasteiger partial charge in [0.05, 0.1) is 30.2 Å². The quantitative estimate of drug-likeness (QED) is 0.517. The summed E-state index contributed by atoms with van der Waals surface area (Å²) in [4.78, 5) is 25.0. The van der Waals surface area contributed by atoms with Crippen molar-refractivity contribution in [3.8, 4) is 11.5 Å². The number of rotatable bonds is 3. The van der Waals surface area contributed by atoms with E-state index in [2.05, 4.69) is 5.10 Å². The summed E-state index contributed by atoms with van der Waals surface area (Å²) in [5.41, 5.74) is 0.522. The first-order valence-electron chi connectivity index (χ1n) is 7.68. The number of imide groups is 1. The van der Waals surface area contributed by atoms with Crippen LogP contribution in [0.2, 0.25) is 5.02 Å². The highest BCUT2D eigenvalue weighted by atomic mass is 35.5. The van der Waals surface area contributed by atoms with Gasteiger partial charge in [0.15, 0.2) is 11.5 Å². The van der Waals surface area contributed by atoms with Crippen LogP contribution in [0.15, 0.2) is 29.4 Å². The number of hydrogen-bond donors (Lipinski definition) is 1.